The second-order valence-corrected chi connectivity index (χ2v) is 9.19. The van der Waals surface area contributed by atoms with Gasteiger partial charge in [0.15, 0.2) is 5.16 Å². The van der Waals surface area contributed by atoms with Crippen LogP contribution in [0.1, 0.15) is 55.1 Å². The maximum absolute atomic E-state index is 13.1. The Morgan fingerprint density at radius 1 is 1.09 bits per heavy atom. The van der Waals surface area contributed by atoms with E-state index in [1.54, 1.807) is 11.6 Å². The summed E-state index contributed by atoms with van der Waals surface area (Å²) in [5.41, 5.74) is 3.49. The van der Waals surface area contributed by atoms with Crippen LogP contribution < -0.4 is 10.9 Å². The van der Waals surface area contributed by atoms with Crippen molar-refractivity contribution < 1.29 is 4.79 Å². The van der Waals surface area contributed by atoms with Crippen LogP contribution in [0.25, 0.3) is 0 Å². The Kier molecular flexibility index (Phi) is 8.28. The Morgan fingerprint density at radius 3 is 2.34 bits per heavy atom. The van der Waals surface area contributed by atoms with E-state index in [1.165, 1.54) is 11.8 Å². The summed E-state index contributed by atoms with van der Waals surface area (Å²) in [6, 6.07) is 19.7. The molecule has 3 aromatic rings. The molecule has 0 saturated carbocycles. The predicted molar refractivity (Wildman–Crippen MR) is 131 cm³/mol. The molecule has 1 aromatic heterocycles. The summed E-state index contributed by atoms with van der Waals surface area (Å²) in [6.07, 6.45) is 2.12. The van der Waals surface area contributed by atoms with Crippen molar-refractivity contribution in [2.24, 2.45) is 7.05 Å². The van der Waals surface area contributed by atoms with E-state index in [0.29, 0.717) is 29.3 Å². The van der Waals surface area contributed by atoms with Crippen LogP contribution in [0.3, 0.4) is 0 Å². The molecule has 32 heavy (non-hydrogen) atoms. The summed E-state index contributed by atoms with van der Waals surface area (Å²) in [5.74, 6) is -0.0338. The van der Waals surface area contributed by atoms with Gasteiger partial charge >= 0.3 is 0 Å². The van der Waals surface area contributed by atoms with E-state index in [1.807, 2.05) is 74.5 Å². The van der Waals surface area contributed by atoms with E-state index in [4.69, 9.17) is 4.98 Å². The highest BCUT2D eigenvalue weighted by Gasteiger charge is 2.24. The van der Waals surface area contributed by atoms with Gasteiger partial charge < -0.3 is 5.32 Å². The summed E-state index contributed by atoms with van der Waals surface area (Å²) < 4.78 is 1.58. The number of aromatic nitrogens is 2. The van der Waals surface area contributed by atoms with Crippen LogP contribution in [-0.4, -0.2) is 20.7 Å². The third-order valence-corrected chi connectivity index (χ3v) is 6.83. The van der Waals surface area contributed by atoms with E-state index in [2.05, 4.69) is 12.2 Å². The Balaban J connectivity index is 1.79. The van der Waals surface area contributed by atoms with Crippen LogP contribution in [-0.2, 0) is 18.3 Å². The normalized spacial score (nSPS) is 12.9. The largest absolute Gasteiger partial charge is 0.349 e. The molecule has 0 spiro atoms. The molecular formula is C26H31N3O2S. The third-order valence-electron chi connectivity index (χ3n) is 5.52. The zero-order chi connectivity index (χ0) is 23.1. The van der Waals surface area contributed by atoms with Gasteiger partial charge in [-0.25, -0.2) is 4.98 Å². The van der Waals surface area contributed by atoms with Crippen LogP contribution in [0.5, 0.6) is 0 Å². The van der Waals surface area contributed by atoms with Gasteiger partial charge in [0.1, 0.15) is 0 Å². The first-order valence-electron chi connectivity index (χ1n) is 11.0. The molecule has 5 nitrogen and oxygen atoms in total. The molecule has 0 aliphatic carbocycles. The first kappa shape index (κ1) is 23.8. The molecule has 168 valence electrons. The smallest absolute Gasteiger partial charge is 0.257 e. The first-order valence-corrected chi connectivity index (χ1v) is 11.9. The van der Waals surface area contributed by atoms with Crippen LogP contribution in [0, 0.1) is 6.92 Å². The molecule has 2 aromatic carbocycles. The van der Waals surface area contributed by atoms with Crippen molar-refractivity contribution >= 4 is 17.7 Å². The van der Waals surface area contributed by atoms with Gasteiger partial charge in [0.05, 0.1) is 11.3 Å². The number of benzene rings is 2. The molecular weight excluding hydrogens is 418 g/mol. The number of carbonyl (C=O) groups is 1. The van der Waals surface area contributed by atoms with E-state index in [-0.39, 0.29) is 22.8 Å². The zero-order valence-corrected chi connectivity index (χ0v) is 20.0. The van der Waals surface area contributed by atoms with Crippen LogP contribution in [0.4, 0.5) is 0 Å². The fraction of sp³-hybridized carbons (Fsp3) is 0.346. The molecule has 3 rings (SSSR count). The minimum absolute atomic E-state index is 0.0338. The fourth-order valence-corrected chi connectivity index (χ4v) is 4.82. The number of hydrogen-bond donors (Lipinski definition) is 1. The first-order chi connectivity index (χ1) is 15.4. The highest BCUT2D eigenvalue weighted by Crippen LogP contribution is 2.26. The molecule has 0 saturated heterocycles. The molecule has 0 bridgehead atoms. The van der Waals surface area contributed by atoms with Gasteiger partial charge in [0.2, 0.25) is 5.91 Å². The predicted octanol–water partition coefficient (Wildman–Crippen LogP) is 4.82. The lowest BCUT2D eigenvalue weighted by Crippen LogP contribution is -2.35. The molecule has 6 heteroatoms. The average Bonchev–Trinajstić information content (AvgIpc) is 2.81. The van der Waals surface area contributed by atoms with Crippen molar-refractivity contribution in [3.05, 3.63) is 93.4 Å². The maximum Gasteiger partial charge on any atom is 0.257 e. The van der Waals surface area contributed by atoms with Crippen LogP contribution in [0.2, 0.25) is 0 Å². The molecule has 2 unspecified atom stereocenters. The van der Waals surface area contributed by atoms with Crippen LogP contribution >= 0.6 is 11.8 Å². The van der Waals surface area contributed by atoms with Gasteiger partial charge in [-0.1, -0.05) is 85.8 Å². The summed E-state index contributed by atoms with van der Waals surface area (Å²) in [4.78, 5) is 30.9. The van der Waals surface area contributed by atoms with Gasteiger partial charge in [-0.2, -0.15) is 0 Å². The average molecular weight is 450 g/mol. The van der Waals surface area contributed by atoms with E-state index in [9.17, 15) is 9.59 Å². The second kappa shape index (κ2) is 11.1. The molecule has 1 heterocycles. The molecule has 1 N–H and O–H groups in total. The lowest BCUT2D eigenvalue weighted by Gasteiger charge is -2.21. The molecule has 0 fully saturated rings. The van der Waals surface area contributed by atoms with E-state index in [0.717, 1.165) is 17.5 Å². The molecule has 2 atom stereocenters. The third kappa shape index (κ3) is 5.88. The SMILES string of the molecule is CCCC(Sc1nc(C)c(Cc2ccccc2)c(=O)n1C)C(=O)NC(C)c1ccccc1. The number of carbonyl (C=O) groups excluding carboxylic acids is 1. The maximum atomic E-state index is 13.1. The number of amides is 1. The highest BCUT2D eigenvalue weighted by molar-refractivity contribution is 8.00. The minimum atomic E-state index is -0.316. The number of rotatable bonds is 9. The molecule has 1 amide bonds. The molecule has 0 aliphatic heterocycles. The molecule has 0 aliphatic rings. The standard InChI is InChI=1S/C26H31N3O2S/c1-5-12-23(24(30)27-18(2)21-15-10-7-11-16-21)32-26-28-19(3)22(25(31)29(26)4)17-20-13-8-6-9-14-20/h6-11,13-16,18,23H,5,12,17H2,1-4H3,(H,27,30). The van der Waals surface area contributed by atoms with Crippen molar-refractivity contribution in [3.63, 3.8) is 0 Å². The van der Waals surface area contributed by atoms with Gasteiger partial charge in [-0.3, -0.25) is 14.2 Å². The topological polar surface area (TPSA) is 64.0 Å². The Morgan fingerprint density at radius 2 is 1.72 bits per heavy atom. The van der Waals surface area contributed by atoms with Gasteiger partial charge in [0.25, 0.3) is 5.56 Å². The number of nitrogens with one attached hydrogen (secondary N) is 1. The lowest BCUT2D eigenvalue weighted by atomic mass is 10.1. The van der Waals surface area contributed by atoms with Crippen molar-refractivity contribution in [1.82, 2.24) is 14.9 Å². The Labute approximate surface area is 194 Å². The quantitative estimate of drug-likeness (QED) is 0.376. The van der Waals surface area contributed by atoms with Crippen LogP contribution in [0.15, 0.2) is 70.6 Å². The van der Waals surface area contributed by atoms with Gasteiger partial charge in [0, 0.05) is 24.7 Å². The highest BCUT2D eigenvalue weighted by atomic mass is 32.2. The summed E-state index contributed by atoms with van der Waals surface area (Å²) in [6.45, 7) is 5.91. The van der Waals surface area contributed by atoms with E-state index < -0.39 is 0 Å². The number of nitrogens with zero attached hydrogens (tertiary/aromatic N) is 2. The second-order valence-electron chi connectivity index (χ2n) is 8.02. The van der Waals surface area contributed by atoms with Crippen molar-refractivity contribution in [2.45, 2.75) is 56.5 Å². The summed E-state index contributed by atoms with van der Waals surface area (Å²) >= 11 is 1.37. The Hall–Kier alpha value is -2.86. The summed E-state index contributed by atoms with van der Waals surface area (Å²) in [7, 11) is 1.74. The lowest BCUT2D eigenvalue weighted by molar-refractivity contribution is -0.121. The number of thioether (sulfide) groups is 1. The van der Waals surface area contributed by atoms with E-state index >= 15 is 0 Å². The summed E-state index contributed by atoms with van der Waals surface area (Å²) in [5, 5.41) is 3.38. The number of aryl methyl sites for hydroxylation is 1. The van der Waals surface area contributed by atoms with Crippen molar-refractivity contribution in [3.8, 4) is 0 Å². The zero-order valence-electron chi connectivity index (χ0n) is 19.2. The monoisotopic (exact) mass is 449 g/mol. The fourth-order valence-electron chi connectivity index (χ4n) is 3.60. The van der Waals surface area contributed by atoms with Gasteiger partial charge in [-0.15, -0.1) is 0 Å². The number of hydrogen-bond acceptors (Lipinski definition) is 4. The van der Waals surface area contributed by atoms with Crippen molar-refractivity contribution in [2.75, 3.05) is 0 Å². The minimum Gasteiger partial charge on any atom is -0.349 e. The van der Waals surface area contributed by atoms with Gasteiger partial charge in [-0.05, 0) is 31.4 Å². The Bertz CT molecular complexity index is 1100. The van der Waals surface area contributed by atoms with Crippen molar-refractivity contribution in [1.29, 1.82) is 0 Å². The molecule has 0 radical (unpaired) electrons.